The van der Waals surface area contributed by atoms with Gasteiger partial charge in [-0.05, 0) is 81.5 Å². The summed E-state index contributed by atoms with van der Waals surface area (Å²) < 4.78 is 20.5. The summed E-state index contributed by atoms with van der Waals surface area (Å²) in [5, 5.41) is 0. The number of nitrogens with zero attached hydrogens (tertiary/aromatic N) is 1. The molecule has 4 aliphatic rings. The molecule has 0 saturated carbocycles. The fraction of sp³-hybridized carbons (Fsp3) is 0.286. The lowest BCUT2D eigenvalue weighted by Crippen LogP contribution is -2.58. The highest BCUT2D eigenvalue weighted by atomic mass is 16.5. The number of hydrogen-bond donors (Lipinski definition) is 0. The normalized spacial score (nSPS) is 17.4. The molecule has 47 heavy (non-hydrogen) atoms. The monoisotopic (exact) mass is 617 g/mol. The molecule has 9 rings (SSSR count). The van der Waals surface area contributed by atoms with Crippen LogP contribution in [0, 0.1) is 0 Å². The van der Waals surface area contributed by atoms with Crippen molar-refractivity contribution in [3.63, 3.8) is 0 Å². The lowest BCUT2D eigenvalue weighted by molar-refractivity contribution is 0.320. The first-order valence-electron chi connectivity index (χ1n) is 16.9. The van der Waals surface area contributed by atoms with E-state index in [1.807, 2.05) is 24.3 Å². The van der Waals surface area contributed by atoms with Gasteiger partial charge in [0.2, 0.25) is 0 Å². The lowest BCUT2D eigenvalue weighted by Gasteiger charge is -2.45. The minimum absolute atomic E-state index is 0.000694. The van der Waals surface area contributed by atoms with Gasteiger partial charge >= 0.3 is 0 Å². The Balaban J connectivity index is 1.32. The molecule has 5 aromatic rings. The molecule has 0 aromatic heterocycles. The van der Waals surface area contributed by atoms with Crippen molar-refractivity contribution < 1.29 is 14.2 Å². The molecule has 5 aromatic carbocycles. The largest absolute Gasteiger partial charge is 0.458 e. The third kappa shape index (κ3) is 4.14. The number of hydrogen-bond acceptors (Lipinski definition) is 4. The fourth-order valence-electron chi connectivity index (χ4n) is 8.25. The van der Waals surface area contributed by atoms with E-state index in [9.17, 15) is 0 Å². The van der Waals surface area contributed by atoms with Gasteiger partial charge in [-0.25, -0.2) is 0 Å². The molecule has 5 heteroatoms. The lowest BCUT2D eigenvalue weighted by atomic mass is 9.34. The van der Waals surface area contributed by atoms with E-state index in [2.05, 4.69) is 120 Å². The van der Waals surface area contributed by atoms with Gasteiger partial charge in [-0.1, -0.05) is 97.0 Å². The average Bonchev–Trinajstić information content (AvgIpc) is 3.04. The molecule has 0 bridgehead atoms. The van der Waals surface area contributed by atoms with E-state index >= 15 is 0 Å². The molecule has 0 atom stereocenters. The maximum atomic E-state index is 7.23. The summed E-state index contributed by atoms with van der Waals surface area (Å²) in [4.78, 5) is 2.27. The highest BCUT2D eigenvalue weighted by molar-refractivity contribution is 6.98. The van der Waals surface area contributed by atoms with E-state index in [-0.39, 0.29) is 23.0 Å². The first-order valence-corrected chi connectivity index (χ1v) is 16.9. The molecule has 234 valence electrons. The molecule has 3 heterocycles. The van der Waals surface area contributed by atoms with E-state index in [0.717, 1.165) is 69.9 Å². The first-order chi connectivity index (χ1) is 22.4. The van der Waals surface area contributed by atoms with Crippen molar-refractivity contribution in [3.05, 3.63) is 108 Å². The predicted octanol–water partition coefficient (Wildman–Crippen LogP) is 9.64. The van der Waals surface area contributed by atoms with Gasteiger partial charge in [0.25, 0.3) is 6.71 Å². The fourth-order valence-corrected chi connectivity index (χ4v) is 8.25. The Morgan fingerprint density at radius 2 is 1.23 bits per heavy atom. The Labute approximate surface area is 278 Å². The van der Waals surface area contributed by atoms with E-state index in [1.165, 1.54) is 27.6 Å². The Morgan fingerprint density at radius 1 is 0.617 bits per heavy atom. The van der Waals surface area contributed by atoms with Crippen LogP contribution in [0.2, 0.25) is 0 Å². The summed E-state index contributed by atoms with van der Waals surface area (Å²) in [5.41, 5.74) is 10.6. The van der Waals surface area contributed by atoms with Crippen LogP contribution in [-0.4, -0.2) is 6.71 Å². The summed E-state index contributed by atoms with van der Waals surface area (Å²) in [5.74, 6) is 5.27. The number of rotatable bonds is 1. The number of fused-ring (bicyclic) bond motifs is 8. The molecule has 0 saturated heterocycles. The van der Waals surface area contributed by atoms with Crippen molar-refractivity contribution in [2.24, 2.45) is 0 Å². The van der Waals surface area contributed by atoms with Crippen LogP contribution in [0.4, 0.5) is 17.1 Å². The van der Waals surface area contributed by atoms with Crippen LogP contribution in [0.3, 0.4) is 0 Å². The zero-order valence-electron chi connectivity index (χ0n) is 28.3. The summed E-state index contributed by atoms with van der Waals surface area (Å²) >= 11 is 0. The van der Waals surface area contributed by atoms with Gasteiger partial charge in [0.1, 0.15) is 23.0 Å². The van der Waals surface area contributed by atoms with Crippen LogP contribution in [0.15, 0.2) is 91.0 Å². The minimum Gasteiger partial charge on any atom is -0.458 e. The zero-order chi connectivity index (χ0) is 32.5. The summed E-state index contributed by atoms with van der Waals surface area (Å²) in [6, 6.07) is 32.3. The summed E-state index contributed by atoms with van der Waals surface area (Å²) in [6.45, 7) is 16.4. The summed E-state index contributed by atoms with van der Waals surface area (Å²) in [6.07, 6.45) is 2.27. The van der Waals surface area contributed by atoms with Crippen molar-refractivity contribution in [1.29, 1.82) is 0 Å². The molecule has 0 radical (unpaired) electrons. The minimum atomic E-state index is -0.0164. The first kappa shape index (κ1) is 28.6. The standard InChI is InChI=1S/C42H40BNO3/c1-40(2,3)25-16-19-32-29(22-25)43-28-18-17-27-37(42(6,7)21-20-41(27,4)5)39(28)47-36-24-26(23-35(45-32)38(36)43)44-30-12-8-10-14-33(30)46-34-15-11-9-13-31(34)44/h8-19,22-24H,20-21H2,1-7H3. The Hall–Kier alpha value is -4.64. The summed E-state index contributed by atoms with van der Waals surface area (Å²) in [7, 11) is 0. The van der Waals surface area contributed by atoms with Gasteiger partial charge in [0.15, 0.2) is 11.5 Å². The van der Waals surface area contributed by atoms with Crippen LogP contribution in [-0.2, 0) is 16.2 Å². The molecule has 0 unspecified atom stereocenters. The molecule has 0 N–H and O–H groups in total. The van der Waals surface area contributed by atoms with Gasteiger partial charge in [0, 0.05) is 23.2 Å². The second kappa shape index (κ2) is 9.47. The van der Waals surface area contributed by atoms with Crippen molar-refractivity contribution >= 4 is 40.2 Å². The second-order valence-electron chi connectivity index (χ2n) is 16.0. The average molecular weight is 618 g/mol. The van der Waals surface area contributed by atoms with Crippen LogP contribution in [0.5, 0.6) is 34.5 Å². The van der Waals surface area contributed by atoms with Gasteiger partial charge in [-0.15, -0.1) is 0 Å². The third-order valence-corrected chi connectivity index (χ3v) is 11.0. The Bertz CT molecular complexity index is 2090. The van der Waals surface area contributed by atoms with Crippen LogP contribution in [0.1, 0.15) is 78.0 Å². The SMILES string of the molecule is CC(C)(C)c1ccc2c(c1)B1c3ccc4c(c3Oc3cc(N5c6ccccc6Oc6ccccc65)cc(c31)O2)C(C)(C)CCC4(C)C. The Morgan fingerprint density at radius 3 is 1.91 bits per heavy atom. The molecule has 4 nitrogen and oxygen atoms in total. The topological polar surface area (TPSA) is 30.9 Å². The number of benzene rings is 5. The highest BCUT2D eigenvalue weighted by Crippen LogP contribution is 2.54. The number of para-hydroxylation sites is 4. The predicted molar refractivity (Wildman–Crippen MR) is 193 cm³/mol. The smallest absolute Gasteiger partial charge is 0.260 e. The number of anilines is 3. The Kier molecular flexibility index (Phi) is 5.76. The maximum absolute atomic E-state index is 7.23. The maximum Gasteiger partial charge on any atom is 0.260 e. The quantitative estimate of drug-likeness (QED) is 0.172. The van der Waals surface area contributed by atoms with Crippen molar-refractivity contribution in [1.82, 2.24) is 0 Å². The second-order valence-corrected chi connectivity index (χ2v) is 16.0. The van der Waals surface area contributed by atoms with Crippen molar-refractivity contribution in [2.75, 3.05) is 4.90 Å². The highest BCUT2D eigenvalue weighted by Gasteiger charge is 2.47. The molecule has 3 aliphatic heterocycles. The van der Waals surface area contributed by atoms with E-state index < -0.39 is 0 Å². The van der Waals surface area contributed by atoms with Gasteiger partial charge in [0.05, 0.1) is 17.1 Å². The molecule has 0 amide bonds. The van der Waals surface area contributed by atoms with Gasteiger partial charge in [-0.3, -0.25) is 0 Å². The van der Waals surface area contributed by atoms with Crippen LogP contribution < -0.4 is 35.5 Å². The molecular weight excluding hydrogens is 577 g/mol. The number of ether oxygens (including phenoxy) is 3. The van der Waals surface area contributed by atoms with Crippen molar-refractivity contribution in [3.8, 4) is 34.5 Å². The molecule has 1 aliphatic carbocycles. The van der Waals surface area contributed by atoms with Gasteiger partial charge in [-0.2, -0.15) is 0 Å². The van der Waals surface area contributed by atoms with Gasteiger partial charge < -0.3 is 19.1 Å². The zero-order valence-corrected chi connectivity index (χ0v) is 28.3. The van der Waals surface area contributed by atoms with Crippen molar-refractivity contribution in [2.45, 2.75) is 77.6 Å². The molecule has 0 fully saturated rings. The third-order valence-electron chi connectivity index (χ3n) is 11.0. The van der Waals surface area contributed by atoms with E-state index in [0.29, 0.717) is 0 Å². The molecular formula is C42H40BNO3. The van der Waals surface area contributed by atoms with Crippen LogP contribution >= 0.6 is 0 Å². The van der Waals surface area contributed by atoms with E-state index in [4.69, 9.17) is 14.2 Å². The molecule has 0 spiro atoms. The van der Waals surface area contributed by atoms with E-state index in [1.54, 1.807) is 0 Å². The van der Waals surface area contributed by atoms with Crippen LogP contribution in [0.25, 0.3) is 0 Å².